The molecule has 1 aromatic carbocycles. The van der Waals surface area contributed by atoms with Crippen LogP contribution in [0.25, 0.3) is 0 Å². The third kappa shape index (κ3) is 3.21. The molecule has 0 bridgehead atoms. The van der Waals surface area contributed by atoms with E-state index < -0.39 is 17.8 Å². The van der Waals surface area contributed by atoms with Gasteiger partial charge in [-0.2, -0.15) is 0 Å². The van der Waals surface area contributed by atoms with Crippen molar-refractivity contribution in [2.75, 3.05) is 16.8 Å². The van der Waals surface area contributed by atoms with Gasteiger partial charge in [0.2, 0.25) is 0 Å². The van der Waals surface area contributed by atoms with Crippen LogP contribution < -0.4 is 10.2 Å². The van der Waals surface area contributed by atoms with Crippen molar-refractivity contribution in [3.8, 4) is 0 Å². The quantitative estimate of drug-likeness (QED) is 0.622. The summed E-state index contributed by atoms with van der Waals surface area (Å²) in [4.78, 5) is 42.4. The molecule has 0 unspecified atom stereocenters. The van der Waals surface area contributed by atoms with Gasteiger partial charge < -0.3 is 10.1 Å². The molecule has 3 rings (SSSR count). The number of benzene rings is 1. The molecule has 1 N–H and O–H groups in total. The number of rotatable bonds is 5. The van der Waals surface area contributed by atoms with Crippen LogP contribution in [0.3, 0.4) is 0 Å². The van der Waals surface area contributed by atoms with Crippen LogP contribution in [0.15, 0.2) is 41.1 Å². The Bertz CT molecular complexity index is 923. The minimum Gasteiger partial charge on any atom is -0.462 e. The van der Waals surface area contributed by atoms with Gasteiger partial charge in [-0.1, -0.05) is 41.1 Å². The van der Waals surface area contributed by atoms with Gasteiger partial charge in [-0.3, -0.25) is 9.59 Å². The van der Waals surface area contributed by atoms with Gasteiger partial charge >= 0.3 is 5.97 Å². The Morgan fingerprint density at radius 1 is 1.27 bits per heavy atom. The summed E-state index contributed by atoms with van der Waals surface area (Å²) in [7, 11) is 0. The van der Waals surface area contributed by atoms with Crippen LogP contribution in [-0.4, -0.2) is 29.4 Å². The molecule has 9 heteroatoms. The van der Waals surface area contributed by atoms with Gasteiger partial charge in [0.1, 0.15) is 15.6 Å². The highest BCUT2D eigenvalue weighted by Crippen LogP contribution is 2.32. The van der Waals surface area contributed by atoms with Crippen LogP contribution >= 0.6 is 22.9 Å². The van der Waals surface area contributed by atoms with E-state index in [4.69, 9.17) is 16.3 Å². The number of imide groups is 1. The minimum atomic E-state index is -0.621. The number of esters is 1. The van der Waals surface area contributed by atoms with Crippen LogP contribution in [0.1, 0.15) is 22.3 Å². The van der Waals surface area contributed by atoms with Crippen molar-refractivity contribution in [3.63, 3.8) is 0 Å². The molecule has 1 aliphatic rings. The molecule has 2 heterocycles. The van der Waals surface area contributed by atoms with Gasteiger partial charge in [-0.05, 0) is 26.0 Å². The van der Waals surface area contributed by atoms with Crippen LogP contribution in [0, 0.1) is 6.92 Å². The second kappa shape index (κ2) is 7.27. The van der Waals surface area contributed by atoms with E-state index >= 15 is 0 Å². The number of amides is 2. The van der Waals surface area contributed by atoms with Crippen LogP contribution in [-0.2, 0) is 14.3 Å². The van der Waals surface area contributed by atoms with E-state index in [9.17, 15) is 14.4 Å². The highest BCUT2D eigenvalue weighted by atomic mass is 35.5. The van der Waals surface area contributed by atoms with Crippen molar-refractivity contribution >= 4 is 51.5 Å². The molecule has 7 nitrogen and oxygen atoms in total. The van der Waals surface area contributed by atoms with Gasteiger partial charge in [0.25, 0.3) is 11.8 Å². The summed E-state index contributed by atoms with van der Waals surface area (Å²) in [5.41, 5.74) is 0.800. The first-order valence-corrected chi connectivity index (χ1v) is 8.88. The second-order valence-electron chi connectivity index (χ2n) is 5.25. The average Bonchev–Trinajstić information content (AvgIpc) is 3.09. The Kier molecular flexibility index (Phi) is 5.06. The number of aryl methyl sites for hydroxylation is 1. The van der Waals surface area contributed by atoms with Crippen molar-refractivity contribution < 1.29 is 19.1 Å². The first-order chi connectivity index (χ1) is 12.4. The van der Waals surface area contributed by atoms with Crippen molar-refractivity contribution in [3.05, 3.63) is 51.6 Å². The Morgan fingerprint density at radius 3 is 2.62 bits per heavy atom. The molecule has 2 aromatic rings. The number of para-hydroxylation sites is 1. The zero-order valence-electron chi connectivity index (χ0n) is 13.9. The maximum absolute atomic E-state index is 12.6. The van der Waals surface area contributed by atoms with E-state index in [1.165, 1.54) is 0 Å². The van der Waals surface area contributed by atoms with Gasteiger partial charge in [0.15, 0.2) is 5.13 Å². The SMILES string of the molecule is CCOC(=O)c1sc(NC2=C(Cl)C(=O)N(c3ccccc3)C2=O)nc1C. The zero-order valence-corrected chi connectivity index (χ0v) is 15.5. The number of thiazole rings is 1. The van der Waals surface area contributed by atoms with E-state index in [2.05, 4.69) is 10.3 Å². The number of ether oxygens (including phenoxy) is 1. The fraction of sp³-hybridized carbons (Fsp3) is 0.176. The molecule has 134 valence electrons. The van der Waals surface area contributed by atoms with Crippen molar-refractivity contribution in [1.29, 1.82) is 0 Å². The van der Waals surface area contributed by atoms with Gasteiger partial charge in [0, 0.05) is 0 Å². The lowest BCUT2D eigenvalue weighted by Gasteiger charge is -2.14. The predicted molar refractivity (Wildman–Crippen MR) is 98.2 cm³/mol. The van der Waals surface area contributed by atoms with Crippen LogP contribution in [0.2, 0.25) is 0 Å². The maximum atomic E-state index is 12.6. The van der Waals surface area contributed by atoms with E-state index in [0.717, 1.165) is 16.2 Å². The standard InChI is InChI=1S/C17H14ClN3O4S/c1-3-25-16(24)13-9(2)19-17(26-13)20-12-11(18)14(22)21(15(12)23)10-7-5-4-6-8-10/h4-8H,3H2,1-2H3,(H,19,20). The number of carbonyl (C=O) groups is 3. The molecule has 0 saturated heterocycles. The van der Waals surface area contributed by atoms with E-state index in [0.29, 0.717) is 16.3 Å². The highest BCUT2D eigenvalue weighted by molar-refractivity contribution is 7.17. The van der Waals surface area contributed by atoms with Crippen molar-refractivity contribution in [2.45, 2.75) is 13.8 Å². The third-order valence-electron chi connectivity index (χ3n) is 3.53. The topological polar surface area (TPSA) is 88.6 Å². The smallest absolute Gasteiger partial charge is 0.350 e. The Morgan fingerprint density at radius 2 is 1.96 bits per heavy atom. The van der Waals surface area contributed by atoms with Crippen LogP contribution in [0.5, 0.6) is 0 Å². The fourth-order valence-corrected chi connectivity index (χ4v) is 3.44. The monoisotopic (exact) mass is 391 g/mol. The third-order valence-corrected chi connectivity index (χ3v) is 4.93. The molecule has 0 atom stereocenters. The molecule has 0 saturated carbocycles. The summed E-state index contributed by atoms with van der Waals surface area (Å²) in [6.45, 7) is 3.61. The van der Waals surface area contributed by atoms with Gasteiger partial charge in [0.05, 0.1) is 18.0 Å². The highest BCUT2D eigenvalue weighted by Gasteiger charge is 2.39. The summed E-state index contributed by atoms with van der Waals surface area (Å²) in [6, 6.07) is 8.47. The number of hydrogen-bond donors (Lipinski definition) is 1. The summed E-state index contributed by atoms with van der Waals surface area (Å²) < 4.78 is 4.96. The second-order valence-corrected chi connectivity index (χ2v) is 6.63. The molecule has 0 spiro atoms. The van der Waals surface area contributed by atoms with E-state index in [1.807, 2.05) is 0 Å². The summed E-state index contributed by atoms with van der Waals surface area (Å²) in [5, 5.41) is 2.80. The molecular formula is C17H14ClN3O4S. The van der Waals surface area contributed by atoms with Crippen molar-refractivity contribution in [2.24, 2.45) is 0 Å². The largest absolute Gasteiger partial charge is 0.462 e. The lowest BCUT2D eigenvalue weighted by Crippen LogP contribution is -2.32. The molecule has 2 amide bonds. The Balaban J connectivity index is 1.86. The predicted octanol–water partition coefficient (Wildman–Crippen LogP) is 3.06. The van der Waals surface area contributed by atoms with Crippen LogP contribution in [0.4, 0.5) is 10.8 Å². The first-order valence-electron chi connectivity index (χ1n) is 7.69. The number of hydrogen-bond acceptors (Lipinski definition) is 7. The number of aromatic nitrogens is 1. The molecule has 0 fully saturated rings. The molecule has 0 radical (unpaired) electrons. The number of anilines is 2. The summed E-state index contributed by atoms with van der Waals surface area (Å²) >= 11 is 7.09. The lowest BCUT2D eigenvalue weighted by atomic mass is 10.3. The zero-order chi connectivity index (χ0) is 18.8. The maximum Gasteiger partial charge on any atom is 0.350 e. The summed E-state index contributed by atoms with van der Waals surface area (Å²) in [5.74, 6) is -1.70. The Labute approximate surface area is 158 Å². The van der Waals surface area contributed by atoms with E-state index in [-0.39, 0.29) is 22.5 Å². The molecular weight excluding hydrogens is 378 g/mol. The Hall–Kier alpha value is -2.71. The number of halogens is 1. The molecule has 0 aliphatic carbocycles. The molecule has 1 aromatic heterocycles. The lowest BCUT2D eigenvalue weighted by molar-refractivity contribution is -0.120. The van der Waals surface area contributed by atoms with Crippen molar-refractivity contribution in [1.82, 2.24) is 4.98 Å². The molecule has 1 aliphatic heterocycles. The number of nitrogens with one attached hydrogen (secondary N) is 1. The number of nitrogens with zero attached hydrogens (tertiary/aromatic N) is 2. The summed E-state index contributed by atoms with van der Waals surface area (Å²) in [6.07, 6.45) is 0. The fourth-order valence-electron chi connectivity index (χ4n) is 2.37. The normalized spacial score (nSPS) is 14.2. The number of carbonyl (C=O) groups excluding carboxylic acids is 3. The van der Waals surface area contributed by atoms with Gasteiger partial charge in [-0.25, -0.2) is 14.7 Å². The average molecular weight is 392 g/mol. The van der Waals surface area contributed by atoms with Gasteiger partial charge in [-0.15, -0.1) is 0 Å². The van der Waals surface area contributed by atoms with E-state index in [1.54, 1.807) is 44.2 Å². The minimum absolute atomic E-state index is 0.0790. The molecule has 26 heavy (non-hydrogen) atoms. The first kappa shape index (κ1) is 18.1.